The SMILES string of the molecule is CCOC(CNC(=O)CS(=O)(=O)Cc1nc(-c2ccc(OC)cc2)oc1C)OCC. The van der Waals surface area contributed by atoms with Crippen molar-refractivity contribution in [2.24, 2.45) is 0 Å². The van der Waals surface area contributed by atoms with Gasteiger partial charge in [0, 0.05) is 18.8 Å². The molecule has 1 heterocycles. The molecule has 1 aromatic heterocycles. The third-order valence-electron chi connectivity index (χ3n) is 4.11. The number of hydrogen-bond donors (Lipinski definition) is 1. The second-order valence-corrected chi connectivity index (χ2v) is 8.49. The van der Waals surface area contributed by atoms with Crippen molar-refractivity contribution in [3.8, 4) is 17.2 Å². The monoisotopic (exact) mass is 440 g/mol. The van der Waals surface area contributed by atoms with Crippen LogP contribution in [0.25, 0.3) is 11.5 Å². The molecular weight excluding hydrogens is 412 g/mol. The summed E-state index contributed by atoms with van der Waals surface area (Å²) >= 11 is 0. The largest absolute Gasteiger partial charge is 0.497 e. The lowest BCUT2D eigenvalue weighted by atomic mass is 10.2. The number of methoxy groups -OCH3 is 1. The predicted molar refractivity (Wildman–Crippen MR) is 111 cm³/mol. The first-order chi connectivity index (χ1) is 14.3. The molecule has 0 aliphatic heterocycles. The van der Waals surface area contributed by atoms with E-state index >= 15 is 0 Å². The van der Waals surface area contributed by atoms with E-state index in [9.17, 15) is 13.2 Å². The van der Waals surface area contributed by atoms with Crippen LogP contribution in [-0.4, -0.2) is 58.2 Å². The fourth-order valence-corrected chi connectivity index (χ4v) is 3.95. The Morgan fingerprint density at radius 1 is 1.17 bits per heavy atom. The van der Waals surface area contributed by atoms with E-state index in [0.717, 1.165) is 0 Å². The van der Waals surface area contributed by atoms with Crippen molar-refractivity contribution in [3.05, 3.63) is 35.7 Å². The zero-order chi connectivity index (χ0) is 22.1. The highest BCUT2D eigenvalue weighted by atomic mass is 32.2. The molecule has 2 aromatic rings. The van der Waals surface area contributed by atoms with E-state index in [-0.39, 0.29) is 12.2 Å². The minimum atomic E-state index is -3.74. The molecule has 1 aromatic carbocycles. The summed E-state index contributed by atoms with van der Waals surface area (Å²) in [5.74, 6) is -0.310. The van der Waals surface area contributed by atoms with Gasteiger partial charge in [-0.2, -0.15) is 0 Å². The number of oxazole rings is 1. The second-order valence-electron chi connectivity index (χ2n) is 6.43. The highest BCUT2D eigenvalue weighted by molar-refractivity contribution is 7.91. The minimum Gasteiger partial charge on any atom is -0.497 e. The fourth-order valence-electron chi connectivity index (χ4n) is 2.66. The Bertz CT molecular complexity index is 917. The summed E-state index contributed by atoms with van der Waals surface area (Å²) in [5.41, 5.74) is 0.966. The molecule has 9 nitrogen and oxygen atoms in total. The Balaban J connectivity index is 1.99. The van der Waals surface area contributed by atoms with Crippen molar-refractivity contribution in [1.29, 1.82) is 0 Å². The number of sulfone groups is 1. The average molecular weight is 441 g/mol. The molecule has 0 aliphatic carbocycles. The van der Waals surface area contributed by atoms with Crippen molar-refractivity contribution in [2.75, 3.05) is 32.6 Å². The van der Waals surface area contributed by atoms with Crippen molar-refractivity contribution < 1.29 is 31.8 Å². The van der Waals surface area contributed by atoms with Crippen molar-refractivity contribution in [1.82, 2.24) is 10.3 Å². The molecule has 166 valence electrons. The number of aromatic nitrogens is 1. The normalized spacial score (nSPS) is 11.6. The lowest BCUT2D eigenvalue weighted by Gasteiger charge is -2.17. The predicted octanol–water partition coefficient (Wildman–Crippen LogP) is 2.09. The van der Waals surface area contributed by atoms with Gasteiger partial charge in [-0.25, -0.2) is 13.4 Å². The van der Waals surface area contributed by atoms with Gasteiger partial charge in [-0.1, -0.05) is 0 Å². The van der Waals surface area contributed by atoms with Gasteiger partial charge < -0.3 is 23.9 Å². The Hall–Kier alpha value is -2.43. The molecule has 0 aliphatic rings. The standard InChI is InChI=1S/C20H28N2O7S/c1-5-27-19(28-6-2)11-21-18(23)13-30(24,25)12-17-14(3)29-20(22-17)15-7-9-16(26-4)10-8-15/h7-10,19H,5-6,11-13H2,1-4H3,(H,21,23). The van der Waals surface area contributed by atoms with Gasteiger partial charge in [-0.05, 0) is 45.0 Å². The molecule has 0 spiro atoms. The Morgan fingerprint density at radius 2 is 1.80 bits per heavy atom. The number of rotatable bonds is 12. The van der Waals surface area contributed by atoms with Crippen LogP contribution in [-0.2, 0) is 29.9 Å². The maximum atomic E-state index is 12.5. The van der Waals surface area contributed by atoms with Crippen LogP contribution >= 0.6 is 0 Å². The third-order valence-corrected chi connectivity index (χ3v) is 5.52. The second kappa shape index (κ2) is 11.1. The summed E-state index contributed by atoms with van der Waals surface area (Å²) < 4.78 is 46.3. The van der Waals surface area contributed by atoms with Crippen molar-refractivity contribution >= 4 is 15.7 Å². The maximum Gasteiger partial charge on any atom is 0.235 e. The smallest absolute Gasteiger partial charge is 0.235 e. The summed E-state index contributed by atoms with van der Waals surface area (Å²) in [6, 6.07) is 7.05. The number of nitrogens with zero attached hydrogens (tertiary/aromatic N) is 1. The Morgan fingerprint density at radius 3 is 2.37 bits per heavy atom. The highest BCUT2D eigenvalue weighted by Gasteiger charge is 2.23. The number of carbonyl (C=O) groups excluding carboxylic acids is 1. The number of benzene rings is 1. The molecule has 0 saturated heterocycles. The summed E-state index contributed by atoms with van der Waals surface area (Å²) in [4.78, 5) is 16.4. The molecular formula is C20H28N2O7S. The maximum absolute atomic E-state index is 12.5. The molecule has 0 fully saturated rings. The third kappa shape index (κ3) is 7.12. The van der Waals surface area contributed by atoms with Gasteiger partial charge in [0.05, 0.1) is 25.1 Å². The molecule has 1 N–H and O–H groups in total. The first kappa shape index (κ1) is 23.8. The van der Waals surface area contributed by atoms with Gasteiger partial charge >= 0.3 is 0 Å². The lowest BCUT2D eigenvalue weighted by molar-refractivity contribution is -0.139. The Labute approximate surface area is 176 Å². The molecule has 0 unspecified atom stereocenters. The van der Waals surface area contributed by atoms with Crippen LogP contribution in [0.15, 0.2) is 28.7 Å². The van der Waals surface area contributed by atoms with Crippen LogP contribution < -0.4 is 10.1 Å². The van der Waals surface area contributed by atoms with E-state index < -0.39 is 33.5 Å². The van der Waals surface area contributed by atoms with Gasteiger partial charge in [0.2, 0.25) is 11.8 Å². The number of ether oxygens (including phenoxy) is 3. The molecule has 0 saturated carbocycles. The molecule has 0 bridgehead atoms. The first-order valence-electron chi connectivity index (χ1n) is 9.59. The number of carbonyl (C=O) groups is 1. The van der Waals surface area contributed by atoms with E-state index in [1.807, 2.05) is 0 Å². The lowest BCUT2D eigenvalue weighted by Crippen LogP contribution is -2.38. The quantitative estimate of drug-likeness (QED) is 0.499. The number of nitrogens with one attached hydrogen (secondary N) is 1. The van der Waals surface area contributed by atoms with Gasteiger partial charge in [0.1, 0.15) is 17.3 Å². The summed E-state index contributed by atoms with van der Waals surface area (Å²) in [6.45, 7) is 6.15. The highest BCUT2D eigenvalue weighted by Crippen LogP contribution is 2.25. The van der Waals surface area contributed by atoms with Crippen LogP contribution in [0, 0.1) is 6.92 Å². The molecule has 30 heavy (non-hydrogen) atoms. The van der Waals surface area contributed by atoms with Crippen molar-refractivity contribution in [2.45, 2.75) is 32.8 Å². The number of hydrogen-bond acceptors (Lipinski definition) is 8. The van der Waals surface area contributed by atoms with Gasteiger partial charge in [-0.15, -0.1) is 0 Å². The van der Waals surface area contributed by atoms with Crippen LogP contribution in [0.1, 0.15) is 25.3 Å². The molecule has 0 atom stereocenters. The molecule has 2 rings (SSSR count). The van der Waals surface area contributed by atoms with Crippen LogP contribution in [0.4, 0.5) is 0 Å². The van der Waals surface area contributed by atoms with Crippen molar-refractivity contribution in [3.63, 3.8) is 0 Å². The molecule has 1 amide bonds. The minimum absolute atomic E-state index is 0.0701. The van der Waals surface area contributed by atoms with Crippen LogP contribution in [0.5, 0.6) is 5.75 Å². The number of aryl methyl sites for hydroxylation is 1. The molecule has 10 heteroatoms. The van der Waals surface area contributed by atoms with Crippen LogP contribution in [0.2, 0.25) is 0 Å². The number of amides is 1. The zero-order valence-corrected chi connectivity index (χ0v) is 18.5. The Kier molecular flexibility index (Phi) is 8.82. The van der Waals surface area contributed by atoms with E-state index in [0.29, 0.717) is 36.2 Å². The summed E-state index contributed by atoms with van der Waals surface area (Å²) in [5, 5.41) is 2.53. The van der Waals surface area contributed by atoms with Crippen LogP contribution in [0.3, 0.4) is 0 Å². The average Bonchev–Trinajstić information content (AvgIpc) is 3.05. The van der Waals surface area contributed by atoms with Gasteiger partial charge in [-0.3, -0.25) is 4.79 Å². The van der Waals surface area contributed by atoms with Gasteiger partial charge in [0.15, 0.2) is 16.1 Å². The summed E-state index contributed by atoms with van der Waals surface area (Å²) in [6.07, 6.45) is -0.614. The first-order valence-corrected chi connectivity index (χ1v) is 11.4. The van der Waals surface area contributed by atoms with Gasteiger partial charge in [0.25, 0.3) is 0 Å². The van der Waals surface area contributed by atoms with E-state index in [1.165, 1.54) is 0 Å². The molecule has 0 radical (unpaired) electrons. The fraction of sp³-hybridized carbons (Fsp3) is 0.500. The topological polar surface area (TPSA) is 117 Å². The summed E-state index contributed by atoms with van der Waals surface area (Å²) in [7, 11) is -2.18. The van der Waals surface area contributed by atoms with E-state index in [4.69, 9.17) is 18.6 Å². The zero-order valence-electron chi connectivity index (χ0n) is 17.6. The van der Waals surface area contributed by atoms with E-state index in [1.54, 1.807) is 52.1 Å². The van der Waals surface area contributed by atoms with E-state index in [2.05, 4.69) is 10.3 Å².